The van der Waals surface area contributed by atoms with Crippen molar-refractivity contribution >= 4 is 26.0 Å². The van der Waals surface area contributed by atoms with Crippen LogP contribution in [0.4, 0.5) is 8.78 Å². The maximum atomic E-state index is 13.0. The third-order valence-corrected chi connectivity index (χ3v) is 5.22. The fourth-order valence-electron chi connectivity index (χ4n) is 1.06. The van der Waals surface area contributed by atoms with E-state index in [9.17, 15) is 17.2 Å². The van der Waals surface area contributed by atoms with E-state index >= 15 is 0 Å². The van der Waals surface area contributed by atoms with E-state index in [1.165, 1.54) is 0 Å². The van der Waals surface area contributed by atoms with Crippen molar-refractivity contribution in [3.63, 3.8) is 0 Å². The summed E-state index contributed by atoms with van der Waals surface area (Å²) in [5.41, 5.74) is -0.272. The summed E-state index contributed by atoms with van der Waals surface area (Å²) < 4.78 is 51.7. The van der Waals surface area contributed by atoms with Gasteiger partial charge in [0.2, 0.25) is 10.0 Å². The van der Waals surface area contributed by atoms with Crippen molar-refractivity contribution in [1.82, 2.24) is 4.72 Å². The number of sulfonamides is 1. The van der Waals surface area contributed by atoms with Crippen molar-refractivity contribution in [3.05, 3.63) is 29.8 Å². The van der Waals surface area contributed by atoms with Gasteiger partial charge in [-0.15, -0.1) is 0 Å². The molecule has 18 heavy (non-hydrogen) atoms. The molecule has 0 fully saturated rings. The molecule has 0 amide bonds. The molecule has 0 saturated heterocycles. The van der Waals surface area contributed by atoms with Gasteiger partial charge in [0, 0.05) is 11.9 Å². The average molecular weight is 342 g/mol. The van der Waals surface area contributed by atoms with Gasteiger partial charge >= 0.3 is 0 Å². The molecule has 1 aromatic carbocycles. The van der Waals surface area contributed by atoms with Crippen molar-refractivity contribution in [2.75, 3.05) is 11.9 Å². The van der Waals surface area contributed by atoms with Crippen LogP contribution in [0.5, 0.6) is 0 Å². The quantitative estimate of drug-likeness (QED) is 0.837. The Bertz CT molecular complexity index is 532. The summed E-state index contributed by atoms with van der Waals surface area (Å²) in [6, 6.07) is 2.49. The minimum absolute atomic E-state index is 0.194. The van der Waals surface area contributed by atoms with E-state index < -0.39 is 21.7 Å². The number of nitrogens with one attached hydrogen (secondary N) is 1. The van der Waals surface area contributed by atoms with Crippen molar-refractivity contribution in [2.24, 2.45) is 5.41 Å². The summed E-state index contributed by atoms with van der Waals surface area (Å²) in [5, 5.41) is 0.611. The second kappa shape index (κ2) is 5.63. The summed E-state index contributed by atoms with van der Waals surface area (Å²) in [6.07, 6.45) is 0. The molecule has 0 spiro atoms. The highest BCUT2D eigenvalue weighted by atomic mass is 79.9. The van der Waals surface area contributed by atoms with Crippen LogP contribution in [0.25, 0.3) is 0 Å². The molecule has 3 nitrogen and oxygen atoms in total. The van der Waals surface area contributed by atoms with Crippen LogP contribution in [0.1, 0.15) is 13.8 Å². The van der Waals surface area contributed by atoms with Gasteiger partial charge in [-0.2, -0.15) is 0 Å². The van der Waals surface area contributed by atoms with Gasteiger partial charge in [-0.1, -0.05) is 29.8 Å². The fraction of sp³-hybridized carbons (Fsp3) is 0.455. The lowest BCUT2D eigenvalue weighted by Gasteiger charge is -2.21. The van der Waals surface area contributed by atoms with E-state index in [0.717, 1.165) is 12.1 Å². The van der Waals surface area contributed by atoms with E-state index in [0.29, 0.717) is 11.4 Å². The van der Waals surface area contributed by atoms with Gasteiger partial charge in [0.05, 0.1) is 4.90 Å². The Morgan fingerprint density at radius 2 is 1.89 bits per heavy atom. The predicted octanol–water partition coefficient (Wildman–Crippen LogP) is 2.66. The van der Waals surface area contributed by atoms with Gasteiger partial charge in [0.1, 0.15) is 0 Å². The molecule has 0 saturated carbocycles. The Labute approximate surface area is 114 Å². The lowest BCUT2D eigenvalue weighted by molar-refractivity contribution is 0.420. The van der Waals surface area contributed by atoms with Crippen molar-refractivity contribution in [1.29, 1.82) is 0 Å². The van der Waals surface area contributed by atoms with Crippen LogP contribution < -0.4 is 4.72 Å². The standard InChI is InChI=1S/C11H14BrF2NO2S/c1-11(2,6-12)7-15-18(16,17)8-3-4-9(13)10(14)5-8/h3-5,15H,6-7H2,1-2H3. The number of hydrogen-bond acceptors (Lipinski definition) is 2. The smallest absolute Gasteiger partial charge is 0.211 e. The van der Waals surface area contributed by atoms with Gasteiger partial charge in [-0.3, -0.25) is 0 Å². The van der Waals surface area contributed by atoms with E-state index in [-0.39, 0.29) is 16.9 Å². The minimum atomic E-state index is -3.82. The fourth-order valence-corrected chi connectivity index (χ4v) is 2.52. The van der Waals surface area contributed by atoms with Crippen LogP contribution in [0.2, 0.25) is 0 Å². The van der Waals surface area contributed by atoms with E-state index in [1.807, 2.05) is 13.8 Å². The Kier molecular flexibility index (Phi) is 4.85. The molecule has 0 bridgehead atoms. The Balaban J connectivity index is 2.90. The Morgan fingerprint density at radius 1 is 1.28 bits per heavy atom. The summed E-state index contributed by atoms with van der Waals surface area (Å²) >= 11 is 3.27. The third kappa shape index (κ3) is 4.00. The molecule has 0 atom stereocenters. The zero-order valence-corrected chi connectivity index (χ0v) is 12.4. The highest BCUT2D eigenvalue weighted by molar-refractivity contribution is 9.09. The van der Waals surface area contributed by atoms with E-state index in [2.05, 4.69) is 20.7 Å². The van der Waals surface area contributed by atoms with Crippen LogP contribution in [-0.2, 0) is 10.0 Å². The normalized spacial score (nSPS) is 12.7. The topological polar surface area (TPSA) is 46.2 Å². The minimum Gasteiger partial charge on any atom is -0.211 e. The first-order valence-corrected chi connectivity index (χ1v) is 7.79. The van der Waals surface area contributed by atoms with Crippen LogP contribution in [0.3, 0.4) is 0 Å². The summed E-state index contributed by atoms with van der Waals surface area (Å²) in [7, 11) is -3.82. The summed E-state index contributed by atoms with van der Waals surface area (Å²) in [6.45, 7) is 3.94. The summed E-state index contributed by atoms with van der Waals surface area (Å²) in [4.78, 5) is -0.285. The van der Waals surface area contributed by atoms with Gasteiger partial charge in [0.15, 0.2) is 11.6 Å². The van der Waals surface area contributed by atoms with Gasteiger partial charge < -0.3 is 0 Å². The van der Waals surface area contributed by atoms with Crippen molar-refractivity contribution in [2.45, 2.75) is 18.7 Å². The first kappa shape index (κ1) is 15.5. The van der Waals surface area contributed by atoms with Crippen molar-refractivity contribution in [3.8, 4) is 0 Å². The number of rotatable bonds is 5. The average Bonchev–Trinajstić information content (AvgIpc) is 2.30. The zero-order valence-electron chi connectivity index (χ0n) is 10.0. The number of halogens is 3. The largest absolute Gasteiger partial charge is 0.240 e. The van der Waals surface area contributed by atoms with Crippen LogP contribution >= 0.6 is 15.9 Å². The molecule has 0 aliphatic rings. The number of benzene rings is 1. The molecule has 0 aliphatic carbocycles. The monoisotopic (exact) mass is 341 g/mol. The van der Waals surface area contributed by atoms with Crippen LogP contribution in [0.15, 0.2) is 23.1 Å². The molecule has 0 unspecified atom stereocenters. The second-order valence-electron chi connectivity index (χ2n) is 4.70. The van der Waals surface area contributed by atoms with Crippen LogP contribution in [0, 0.1) is 17.0 Å². The molecule has 1 rings (SSSR count). The SMILES string of the molecule is CC(C)(CBr)CNS(=O)(=O)c1ccc(F)c(F)c1. The van der Waals surface area contributed by atoms with Gasteiger partial charge in [0.25, 0.3) is 0 Å². The maximum absolute atomic E-state index is 13.0. The molecule has 1 N–H and O–H groups in total. The van der Waals surface area contributed by atoms with Gasteiger partial charge in [-0.05, 0) is 23.6 Å². The lowest BCUT2D eigenvalue weighted by atomic mass is 9.98. The third-order valence-electron chi connectivity index (χ3n) is 2.30. The predicted molar refractivity (Wildman–Crippen MR) is 69.1 cm³/mol. The highest BCUT2D eigenvalue weighted by Gasteiger charge is 2.22. The Hall–Kier alpha value is -0.530. The maximum Gasteiger partial charge on any atom is 0.240 e. The zero-order chi connectivity index (χ0) is 14.0. The number of alkyl halides is 1. The lowest BCUT2D eigenvalue weighted by Crippen LogP contribution is -2.34. The van der Waals surface area contributed by atoms with Gasteiger partial charge in [-0.25, -0.2) is 21.9 Å². The second-order valence-corrected chi connectivity index (χ2v) is 7.03. The van der Waals surface area contributed by atoms with E-state index in [4.69, 9.17) is 0 Å². The molecule has 0 radical (unpaired) electrons. The molecule has 0 heterocycles. The molecular formula is C11H14BrF2NO2S. The molecule has 0 aromatic heterocycles. The molecule has 102 valence electrons. The first-order valence-electron chi connectivity index (χ1n) is 5.19. The van der Waals surface area contributed by atoms with E-state index in [1.54, 1.807) is 0 Å². The Morgan fingerprint density at radius 3 is 2.39 bits per heavy atom. The molecule has 1 aromatic rings. The highest BCUT2D eigenvalue weighted by Crippen LogP contribution is 2.19. The van der Waals surface area contributed by atoms with Crippen molar-refractivity contribution < 1.29 is 17.2 Å². The summed E-state index contributed by atoms with van der Waals surface area (Å²) in [5.74, 6) is -2.26. The first-order chi connectivity index (χ1) is 8.18. The molecular weight excluding hydrogens is 328 g/mol. The van der Waals surface area contributed by atoms with Crippen LogP contribution in [-0.4, -0.2) is 20.3 Å². The molecule has 7 heteroatoms. The number of hydrogen-bond donors (Lipinski definition) is 1. The molecule has 0 aliphatic heterocycles.